The first-order valence-electron chi connectivity index (χ1n) is 6.73. The molecule has 0 saturated heterocycles. The van der Waals surface area contributed by atoms with E-state index in [1.807, 2.05) is 61.5 Å². The maximum atomic E-state index is 10.5. The molecule has 2 aromatic carbocycles. The van der Waals surface area contributed by atoms with Crippen molar-refractivity contribution in [2.24, 2.45) is 0 Å². The van der Waals surface area contributed by atoms with E-state index in [9.17, 15) is 5.11 Å². The normalized spacial score (nSPS) is 13.8. The van der Waals surface area contributed by atoms with E-state index in [2.05, 4.69) is 5.32 Å². The van der Waals surface area contributed by atoms with Gasteiger partial charge in [-0.25, -0.2) is 0 Å². The smallest absolute Gasteiger partial charge is 0.118 e. The Morgan fingerprint density at radius 3 is 2.30 bits per heavy atom. The van der Waals surface area contributed by atoms with Gasteiger partial charge in [-0.3, -0.25) is 0 Å². The third-order valence-electron chi connectivity index (χ3n) is 3.35. The fourth-order valence-electron chi connectivity index (χ4n) is 2.09. The number of ether oxygens (including phenoxy) is 1. The lowest BCUT2D eigenvalue weighted by molar-refractivity contribution is 0.0567. The van der Waals surface area contributed by atoms with E-state index in [4.69, 9.17) is 4.74 Å². The van der Waals surface area contributed by atoms with Gasteiger partial charge in [0.05, 0.1) is 12.7 Å². The molecule has 20 heavy (non-hydrogen) atoms. The van der Waals surface area contributed by atoms with Crippen LogP contribution in [0.5, 0.6) is 5.75 Å². The Hall–Kier alpha value is -1.84. The first kappa shape index (κ1) is 14.6. The predicted molar refractivity (Wildman–Crippen MR) is 80.7 cm³/mol. The van der Waals surface area contributed by atoms with E-state index < -0.39 is 5.60 Å². The highest BCUT2D eigenvalue weighted by Gasteiger charge is 2.21. The second-order valence-corrected chi connectivity index (χ2v) is 5.09. The number of hydrogen-bond acceptors (Lipinski definition) is 3. The number of methoxy groups -OCH3 is 1. The number of aliphatic hydroxyl groups is 1. The third-order valence-corrected chi connectivity index (χ3v) is 3.35. The molecule has 1 atom stereocenters. The lowest BCUT2D eigenvalue weighted by atomic mass is 9.96. The SMILES string of the molecule is COc1ccc(CNCC(C)(O)c2ccccc2)cc1. The Labute approximate surface area is 120 Å². The summed E-state index contributed by atoms with van der Waals surface area (Å²) in [6.07, 6.45) is 0. The van der Waals surface area contributed by atoms with Gasteiger partial charge in [0, 0.05) is 13.1 Å². The van der Waals surface area contributed by atoms with Crippen LogP contribution in [0.3, 0.4) is 0 Å². The number of rotatable bonds is 6. The van der Waals surface area contributed by atoms with Gasteiger partial charge >= 0.3 is 0 Å². The van der Waals surface area contributed by atoms with Gasteiger partial charge in [-0.05, 0) is 30.2 Å². The lowest BCUT2D eigenvalue weighted by Crippen LogP contribution is -2.35. The summed E-state index contributed by atoms with van der Waals surface area (Å²) in [6.45, 7) is 3.04. The van der Waals surface area contributed by atoms with E-state index >= 15 is 0 Å². The number of hydrogen-bond donors (Lipinski definition) is 2. The summed E-state index contributed by atoms with van der Waals surface area (Å²) in [7, 11) is 1.66. The van der Waals surface area contributed by atoms with Gasteiger partial charge in [-0.2, -0.15) is 0 Å². The zero-order chi connectivity index (χ0) is 14.4. The molecule has 0 amide bonds. The van der Waals surface area contributed by atoms with Crippen LogP contribution in [0.15, 0.2) is 54.6 Å². The summed E-state index contributed by atoms with van der Waals surface area (Å²) in [5, 5.41) is 13.8. The molecule has 0 aliphatic heterocycles. The quantitative estimate of drug-likeness (QED) is 0.849. The van der Waals surface area contributed by atoms with Crippen molar-refractivity contribution in [1.82, 2.24) is 5.32 Å². The largest absolute Gasteiger partial charge is 0.497 e. The van der Waals surface area contributed by atoms with Crippen LogP contribution in [0.4, 0.5) is 0 Å². The number of nitrogens with one attached hydrogen (secondary N) is 1. The van der Waals surface area contributed by atoms with E-state index in [1.54, 1.807) is 7.11 Å². The van der Waals surface area contributed by atoms with Gasteiger partial charge in [-0.1, -0.05) is 42.5 Å². The molecule has 2 rings (SSSR count). The molecule has 106 valence electrons. The molecule has 0 fully saturated rings. The summed E-state index contributed by atoms with van der Waals surface area (Å²) in [4.78, 5) is 0. The Morgan fingerprint density at radius 2 is 1.70 bits per heavy atom. The second kappa shape index (κ2) is 6.55. The second-order valence-electron chi connectivity index (χ2n) is 5.09. The molecule has 0 aromatic heterocycles. The molecule has 1 unspecified atom stereocenters. The fraction of sp³-hybridized carbons (Fsp3) is 0.294. The van der Waals surface area contributed by atoms with Crippen molar-refractivity contribution in [3.63, 3.8) is 0 Å². The molecule has 0 spiro atoms. The van der Waals surface area contributed by atoms with E-state index in [0.29, 0.717) is 13.1 Å². The summed E-state index contributed by atoms with van der Waals surface area (Å²) in [6, 6.07) is 17.6. The van der Waals surface area contributed by atoms with Gasteiger partial charge in [0.1, 0.15) is 5.75 Å². The summed E-state index contributed by atoms with van der Waals surface area (Å²) in [5.41, 5.74) is 1.21. The van der Waals surface area contributed by atoms with Crippen molar-refractivity contribution in [2.45, 2.75) is 19.1 Å². The Kier molecular flexibility index (Phi) is 4.77. The zero-order valence-electron chi connectivity index (χ0n) is 12.0. The Morgan fingerprint density at radius 1 is 1.05 bits per heavy atom. The Bertz CT molecular complexity index is 520. The summed E-state index contributed by atoms with van der Waals surface area (Å²) >= 11 is 0. The van der Waals surface area contributed by atoms with E-state index in [-0.39, 0.29) is 0 Å². The minimum atomic E-state index is -0.867. The molecule has 0 bridgehead atoms. The van der Waals surface area contributed by atoms with Crippen LogP contribution in [0.25, 0.3) is 0 Å². The highest BCUT2D eigenvalue weighted by Crippen LogP contribution is 2.19. The molecule has 2 N–H and O–H groups in total. The van der Waals surface area contributed by atoms with Crippen LogP contribution in [0.2, 0.25) is 0 Å². The highest BCUT2D eigenvalue weighted by atomic mass is 16.5. The van der Waals surface area contributed by atoms with Crippen molar-refractivity contribution in [3.05, 3.63) is 65.7 Å². The molecule has 2 aromatic rings. The van der Waals surface area contributed by atoms with E-state index in [0.717, 1.165) is 16.9 Å². The average molecular weight is 271 g/mol. The summed E-state index contributed by atoms with van der Waals surface area (Å²) in [5.74, 6) is 0.852. The van der Waals surface area contributed by atoms with Crippen molar-refractivity contribution in [2.75, 3.05) is 13.7 Å². The molecule has 3 nitrogen and oxygen atoms in total. The maximum absolute atomic E-state index is 10.5. The standard InChI is InChI=1S/C17H21NO2/c1-17(19,15-6-4-3-5-7-15)13-18-12-14-8-10-16(20-2)11-9-14/h3-11,18-19H,12-13H2,1-2H3. The van der Waals surface area contributed by atoms with Crippen molar-refractivity contribution in [3.8, 4) is 5.75 Å². The minimum absolute atomic E-state index is 0.503. The molecule has 0 radical (unpaired) electrons. The molecule has 0 aliphatic carbocycles. The van der Waals surface area contributed by atoms with Crippen LogP contribution >= 0.6 is 0 Å². The van der Waals surface area contributed by atoms with Gasteiger partial charge in [-0.15, -0.1) is 0 Å². The topological polar surface area (TPSA) is 41.5 Å². The maximum Gasteiger partial charge on any atom is 0.118 e. The van der Waals surface area contributed by atoms with Crippen LogP contribution in [-0.2, 0) is 12.1 Å². The molecule has 0 heterocycles. The molecular formula is C17H21NO2. The van der Waals surface area contributed by atoms with Crippen LogP contribution in [0, 0.1) is 0 Å². The van der Waals surface area contributed by atoms with Gasteiger partial charge in [0.15, 0.2) is 0 Å². The van der Waals surface area contributed by atoms with Crippen molar-refractivity contribution in [1.29, 1.82) is 0 Å². The van der Waals surface area contributed by atoms with E-state index in [1.165, 1.54) is 0 Å². The van der Waals surface area contributed by atoms with Gasteiger partial charge in [0.25, 0.3) is 0 Å². The van der Waals surface area contributed by atoms with Crippen LogP contribution in [0.1, 0.15) is 18.1 Å². The van der Waals surface area contributed by atoms with Crippen LogP contribution < -0.4 is 10.1 Å². The highest BCUT2D eigenvalue weighted by molar-refractivity contribution is 5.27. The lowest BCUT2D eigenvalue weighted by Gasteiger charge is -2.24. The molecular weight excluding hydrogens is 250 g/mol. The van der Waals surface area contributed by atoms with Crippen LogP contribution in [-0.4, -0.2) is 18.8 Å². The molecule has 0 aliphatic rings. The molecule has 0 saturated carbocycles. The molecule has 3 heteroatoms. The average Bonchev–Trinajstić information content (AvgIpc) is 2.49. The first-order chi connectivity index (χ1) is 9.62. The zero-order valence-corrected chi connectivity index (χ0v) is 12.0. The fourth-order valence-corrected chi connectivity index (χ4v) is 2.09. The summed E-state index contributed by atoms with van der Waals surface area (Å²) < 4.78 is 5.13. The van der Waals surface area contributed by atoms with Gasteiger partial charge < -0.3 is 15.2 Å². The Balaban J connectivity index is 1.88. The third kappa shape index (κ3) is 3.83. The monoisotopic (exact) mass is 271 g/mol. The van der Waals surface area contributed by atoms with Gasteiger partial charge in [0.2, 0.25) is 0 Å². The number of benzene rings is 2. The first-order valence-corrected chi connectivity index (χ1v) is 6.73. The predicted octanol–water partition coefficient (Wildman–Crippen LogP) is 2.69. The minimum Gasteiger partial charge on any atom is -0.497 e. The van der Waals surface area contributed by atoms with Crippen molar-refractivity contribution < 1.29 is 9.84 Å². The van der Waals surface area contributed by atoms with Crippen molar-refractivity contribution >= 4 is 0 Å².